The number of aliphatic carboxylic acids is 1. The molecule has 0 unspecified atom stereocenters. The molecule has 0 spiro atoms. The van der Waals surface area contributed by atoms with Crippen molar-refractivity contribution in [2.24, 2.45) is 4.99 Å². The number of carbonyl (C=O) groups is 1. The minimum atomic E-state index is -0.986. The highest BCUT2D eigenvalue weighted by atomic mass is 16.5. The first kappa shape index (κ1) is 8.68. The predicted molar refractivity (Wildman–Crippen MR) is 48.0 cm³/mol. The fraction of sp³-hybridized carbons (Fsp3) is 0.222. The molecule has 0 aromatic carbocycles. The summed E-state index contributed by atoms with van der Waals surface area (Å²) in [4.78, 5) is 18.3. The molecule has 14 heavy (non-hydrogen) atoms. The lowest BCUT2D eigenvalue weighted by Crippen LogP contribution is -2.23. The number of rotatable bonds is 2. The van der Waals surface area contributed by atoms with Gasteiger partial charge in [-0.2, -0.15) is 0 Å². The van der Waals surface area contributed by atoms with E-state index in [2.05, 4.69) is 9.98 Å². The average Bonchev–Trinajstić information content (AvgIpc) is 2.67. The number of hydrogen-bond donors (Lipinski definition) is 1. The summed E-state index contributed by atoms with van der Waals surface area (Å²) in [6.45, 7) is 0. The maximum atomic E-state index is 10.8. The van der Waals surface area contributed by atoms with Gasteiger partial charge in [0, 0.05) is 12.4 Å². The summed E-state index contributed by atoms with van der Waals surface area (Å²) < 4.78 is 5.11. The lowest BCUT2D eigenvalue weighted by atomic mass is 10.0. The number of aromatic nitrogens is 1. The maximum absolute atomic E-state index is 10.8. The average molecular weight is 192 g/mol. The van der Waals surface area contributed by atoms with E-state index in [1.165, 1.54) is 6.40 Å². The van der Waals surface area contributed by atoms with Crippen LogP contribution in [0.3, 0.4) is 0 Å². The second kappa shape index (κ2) is 3.45. The van der Waals surface area contributed by atoms with Gasteiger partial charge in [-0.25, -0.2) is 9.79 Å². The molecule has 2 atom stereocenters. The number of carboxylic acid groups (broad SMARTS) is 1. The van der Waals surface area contributed by atoms with Crippen LogP contribution >= 0.6 is 0 Å². The van der Waals surface area contributed by atoms with Crippen LogP contribution in [0.5, 0.6) is 0 Å². The van der Waals surface area contributed by atoms with Gasteiger partial charge in [-0.1, -0.05) is 0 Å². The first-order valence-electron chi connectivity index (χ1n) is 4.09. The van der Waals surface area contributed by atoms with E-state index in [4.69, 9.17) is 9.84 Å². The van der Waals surface area contributed by atoms with Crippen molar-refractivity contribution in [3.05, 3.63) is 30.1 Å². The number of carboxylic acids is 1. The highest BCUT2D eigenvalue weighted by molar-refractivity contribution is 5.78. The Hall–Kier alpha value is -1.91. The molecule has 0 radical (unpaired) electrons. The monoisotopic (exact) mass is 192 g/mol. The number of aliphatic imine (C=N–C) groups is 1. The summed E-state index contributed by atoms with van der Waals surface area (Å²) in [5, 5.41) is 8.84. The third kappa shape index (κ3) is 1.44. The minimum absolute atomic E-state index is 0.532. The minimum Gasteiger partial charge on any atom is -0.480 e. The van der Waals surface area contributed by atoms with E-state index in [0.717, 1.165) is 5.56 Å². The molecule has 1 aromatic heterocycles. The summed E-state index contributed by atoms with van der Waals surface area (Å²) in [7, 11) is 0. The van der Waals surface area contributed by atoms with E-state index >= 15 is 0 Å². The van der Waals surface area contributed by atoms with Gasteiger partial charge >= 0.3 is 5.97 Å². The van der Waals surface area contributed by atoms with Gasteiger partial charge in [0.05, 0.1) is 0 Å². The molecule has 0 saturated heterocycles. The Labute approximate surface area is 80.1 Å². The molecule has 1 N–H and O–H groups in total. The van der Waals surface area contributed by atoms with Gasteiger partial charge in [0.1, 0.15) is 0 Å². The molecular formula is C9H8N2O3. The van der Waals surface area contributed by atoms with Crippen LogP contribution in [0.1, 0.15) is 11.7 Å². The van der Waals surface area contributed by atoms with Crippen molar-refractivity contribution in [2.45, 2.75) is 12.1 Å². The van der Waals surface area contributed by atoms with Crippen LogP contribution in [0.4, 0.5) is 0 Å². The first-order valence-corrected chi connectivity index (χ1v) is 4.09. The second-order valence-corrected chi connectivity index (χ2v) is 2.87. The normalized spacial score (nSPS) is 24.6. The molecule has 0 saturated carbocycles. The van der Waals surface area contributed by atoms with E-state index in [9.17, 15) is 4.79 Å². The Morgan fingerprint density at radius 3 is 2.79 bits per heavy atom. The second-order valence-electron chi connectivity index (χ2n) is 2.87. The molecule has 1 aliphatic heterocycles. The van der Waals surface area contributed by atoms with Crippen LogP contribution in [0, 0.1) is 0 Å². The van der Waals surface area contributed by atoms with Gasteiger partial charge < -0.3 is 9.84 Å². The standard InChI is InChI=1S/C9H8N2O3/c12-9(13)7-8(14-5-11-7)6-1-3-10-4-2-6/h1-5,7-8H,(H,12,13)/t7-,8+/m0/s1. The molecule has 0 fully saturated rings. The topological polar surface area (TPSA) is 71.8 Å². The third-order valence-electron chi connectivity index (χ3n) is 2.00. The molecule has 2 heterocycles. The summed E-state index contributed by atoms with van der Waals surface area (Å²) in [5.74, 6) is -0.986. The van der Waals surface area contributed by atoms with Crippen LogP contribution in [0.25, 0.3) is 0 Å². The van der Waals surface area contributed by atoms with Crippen molar-refractivity contribution in [1.82, 2.24) is 4.98 Å². The molecule has 0 bridgehead atoms. The lowest BCUT2D eigenvalue weighted by molar-refractivity contribution is -0.140. The molecule has 1 aliphatic rings. The molecular weight excluding hydrogens is 184 g/mol. The van der Waals surface area contributed by atoms with Crippen molar-refractivity contribution < 1.29 is 14.6 Å². The molecule has 2 rings (SSSR count). The summed E-state index contributed by atoms with van der Waals surface area (Å²) in [6, 6.07) is 2.59. The number of ether oxygens (including phenoxy) is 1. The van der Waals surface area contributed by atoms with Crippen LogP contribution in [-0.4, -0.2) is 28.5 Å². The van der Waals surface area contributed by atoms with E-state index < -0.39 is 18.1 Å². The molecule has 5 nitrogen and oxygen atoms in total. The van der Waals surface area contributed by atoms with Crippen LogP contribution in [-0.2, 0) is 9.53 Å². The number of pyridine rings is 1. The van der Waals surface area contributed by atoms with E-state index in [0.29, 0.717) is 0 Å². The molecule has 0 aliphatic carbocycles. The van der Waals surface area contributed by atoms with Crippen molar-refractivity contribution in [1.29, 1.82) is 0 Å². The Balaban J connectivity index is 2.24. The zero-order valence-corrected chi connectivity index (χ0v) is 7.20. The Kier molecular flexibility index (Phi) is 2.14. The van der Waals surface area contributed by atoms with Crippen LogP contribution in [0.15, 0.2) is 29.5 Å². The Morgan fingerprint density at radius 2 is 2.14 bits per heavy atom. The Bertz CT molecular complexity index is 364. The SMILES string of the molecule is O=C(O)[C@H]1N=CO[C@@H]1c1ccncc1. The van der Waals surface area contributed by atoms with Gasteiger partial charge in [-0.05, 0) is 17.7 Å². The van der Waals surface area contributed by atoms with Crippen molar-refractivity contribution in [3.8, 4) is 0 Å². The predicted octanol–water partition coefficient (Wildman–Crippen LogP) is 0.634. The lowest BCUT2D eigenvalue weighted by Gasteiger charge is -2.13. The van der Waals surface area contributed by atoms with Gasteiger partial charge in [0.2, 0.25) is 0 Å². The maximum Gasteiger partial charge on any atom is 0.332 e. The smallest absolute Gasteiger partial charge is 0.332 e. The van der Waals surface area contributed by atoms with Crippen LogP contribution < -0.4 is 0 Å². The van der Waals surface area contributed by atoms with Crippen LogP contribution in [0.2, 0.25) is 0 Å². The molecule has 1 aromatic rings. The van der Waals surface area contributed by atoms with Crippen molar-refractivity contribution in [2.75, 3.05) is 0 Å². The van der Waals surface area contributed by atoms with Gasteiger partial charge in [-0.3, -0.25) is 4.98 Å². The molecule has 72 valence electrons. The number of hydrogen-bond acceptors (Lipinski definition) is 4. The molecule has 5 heteroatoms. The summed E-state index contributed by atoms with van der Waals surface area (Å²) in [6.07, 6.45) is 3.84. The van der Waals surface area contributed by atoms with E-state index in [1.807, 2.05) is 0 Å². The Morgan fingerprint density at radius 1 is 1.43 bits per heavy atom. The largest absolute Gasteiger partial charge is 0.480 e. The van der Waals surface area contributed by atoms with E-state index in [-0.39, 0.29) is 0 Å². The van der Waals surface area contributed by atoms with Gasteiger partial charge in [-0.15, -0.1) is 0 Å². The summed E-state index contributed by atoms with van der Waals surface area (Å²) >= 11 is 0. The zero-order valence-electron chi connectivity index (χ0n) is 7.20. The van der Waals surface area contributed by atoms with Crippen molar-refractivity contribution in [3.63, 3.8) is 0 Å². The third-order valence-corrected chi connectivity index (χ3v) is 2.00. The fourth-order valence-corrected chi connectivity index (χ4v) is 1.33. The quantitative estimate of drug-likeness (QED) is 0.746. The summed E-state index contributed by atoms with van der Waals surface area (Å²) in [5.41, 5.74) is 0.768. The zero-order chi connectivity index (χ0) is 9.97. The molecule has 0 amide bonds. The van der Waals surface area contributed by atoms with Gasteiger partial charge in [0.15, 0.2) is 18.5 Å². The van der Waals surface area contributed by atoms with Crippen molar-refractivity contribution >= 4 is 12.4 Å². The number of nitrogens with zero attached hydrogens (tertiary/aromatic N) is 2. The van der Waals surface area contributed by atoms with Gasteiger partial charge in [0.25, 0.3) is 0 Å². The highest BCUT2D eigenvalue weighted by Crippen LogP contribution is 2.26. The highest BCUT2D eigenvalue weighted by Gasteiger charge is 2.33. The first-order chi connectivity index (χ1) is 6.79. The fourth-order valence-electron chi connectivity index (χ4n) is 1.33. The van der Waals surface area contributed by atoms with E-state index in [1.54, 1.807) is 24.5 Å².